The van der Waals surface area contributed by atoms with Crippen LogP contribution in [-0.4, -0.2) is 60.6 Å². The number of hydrogen-bond acceptors (Lipinski definition) is 4. The molecule has 4 heteroatoms. The molecular formula is C16H28N4. The van der Waals surface area contributed by atoms with Crippen molar-refractivity contribution in [2.45, 2.75) is 31.2 Å². The molecule has 1 aromatic rings. The molecule has 1 atom stereocenters. The van der Waals surface area contributed by atoms with E-state index in [0.29, 0.717) is 0 Å². The standard InChI is InChI=1S/C16H28N4/c1-19-11-5-8-16(14-17,9-13-19)20(2)12-7-15-6-3-4-10-18-15/h3-4,6,10H,5,7-9,11-14,17H2,1-2H3. The predicted octanol–water partition coefficient (Wildman–Crippen LogP) is 1.37. The van der Waals surface area contributed by atoms with Crippen LogP contribution in [0.1, 0.15) is 25.0 Å². The number of aromatic nitrogens is 1. The average Bonchev–Trinajstić information content (AvgIpc) is 2.68. The highest BCUT2D eigenvalue weighted by Crippen LogP contribution is 2.27. The van der Waals surface area contributed by atoms with E-state index in [1.807, 2.05) is 12.3 Å². The molecule has 1 aromatic heterocycles. The molecule has 2 rings (SSSR count). The maximum Gasteiger partial charge on any atom is 0.0416 e. The van der Waals surface area contributed by atoms with E-state index in [2.05, 4.69) is 41.0 Å². The van der Waals surface area contributed by atoms with Crippen molar-refractivity contribution in [1.29, 1.82) is 0 Å². The SMILES string of the molecule is CN1CCCC(CN)(N(C)CCc2ccccn2)CC1. The van der Waals surface area contributed by atoms with Gasteiger partial charge in [-0.1, -0.05) is 6.07 Å². The Bertz CT molecular complexity index is 395. The number of nitrogens with two attached hydrogens (primary N) is 1. The van der Waals surface area contributed by atoms with Crippen LogP contribution in [-0.2, 0) is 6.42 Å². The molecule has 0 aliphatic carbocycles. The first-order valence-electron chi connectivity index (χ1n) is 7.66. The van der Waals surface area contributed by atoms with Crippen LogP contribution in [0.25, 0.3) is 0 Å². The molecule has 0 bridgehead atoms. The van der Waals surface area contributed by atoms with Crippen molar-refractivity contribution in [2.24, 2.45) is 5.73 Å². The van der Waals surface area contributed by atoms with E-state index in [-0.39, 0.29) is 5.54 Å². The normalized spacial score (nSPS) is 24.8. The van der Waals surface area contributed by atoms with Crippen molar-refractivity contribution < 1.29 is 0 Å². The van der Waals surface area contributed by atoms with Crippen molar-refractivity contribution >= 4 is 0 Å². The van der Waals surface area contributed by atoms with E-state index in [4.69, 9.17) is 5.73 Å². The fourth-order valence-corrected chi connectivity index (χ4v) is 3.12. The second-order valence-corrected chi connectivity index (χ2v) is 6.08. The van der Waals surface area contributed by atoms with E-state index in [0.717, 1.165) is 31.7 Å². The van der Waals surface area contributed by atoms with E-state index >= 15 is 0 Å². The second kappa shape index (κ2) is 7.16. The minimum absolute atomic E-state index is 0.166. The summed E-state index contributed by atoms with van der Waals surface area (Å²) in [6.07, 6.45) is 6.47. The van der Waals surface area contributed by atoms with Crippen molar-refractivity contribution in [3.63, 3.8) is 0 Å². The molecule has 1 fully saturated rings. The third kappa shape index (κ3) is 3.78. The maximum atomic E-state index is 6.15. The topological polar surface area (TPSA) is 45.4 Å². The lowest BCUT2D eigenvalue weighted by molar-refractivity contribution is 0.109. The lowest BCUT2D eigenvalue weighted by atomic mass is 9.88. The van der Waals surface area contributed by atoms with Crippen LogP contribution in [0, 0.1) is 0 Å². The second-order valence-electron chi connectivity index (χ2n) is 6.08. The molecule has 1 saturated heterocycles. The van der Waals surface area contributed by atoms with E-state index < -0.39 is 0 Å². The summed E-state index contributed by atoms with van der Waals surface area (Å²) in [7, 11) is 4.43. The first-order valence-corrected chi connectivity index (χ1v) is 7.66. The fourth-order valence-electron chi connectivity index (χ4n) is 3.12. The largest absolute Gasteiger partial charge is 0.329 e. The summed E-state index contributed by atoms with van der Waals surface area (Å²) < 4.78 is 0. The highest BCUT2D eigenvalue weighted by atomic mass is 15.2. The first-order chi connectivity index (χ1) is 9.66. The Morgan fingerprint density at radius 1 is 1.35 bits per heavy atom. The Morgan fingerprint density at radius 2 is 2.20 bits per heavy atom. The molecule has 20 heavy (non-hydrogen) atoms. The molecule has 1 aliphatic rings. The van der Waals surface area contributed by atoms with E-state index in [9.17, 15) is 0 Å². The molecule has 4 nitrogen and oxygen atoms in total. The van der Waals surface area contributed by atoms with Gasteiger partial charge >= 0.3 is 0 Å². The van der Waals surface area contributed by atoms with Gasteiger partial charge in [0.15, 0.2) is 0 Å². The molecule has 2 N–H and O–H groups in total. The number of rotatable bonds is 5. The van der Waals surface area contributed by atoms with Gasteiger partial charge in [0.1, 0.15) is 0 Å². The van der Waals surface area contributed by atoms with Gasteiger partial charge in [-0.2, -0.15) is 0 Å². The van der Waals surface area contributed by atoms with Crippen LogP contribution in [0.4, 0.5) is 0 Å². The zero-order valence-electron chi connectivity index (χ0n) is 12.9. The summed E-state index contributed by atoms with van der Waals surface area (Å²) in [5, 5.41) is 0. The number of hydrogen-bond donors (Lipinski definition) is 1. The van der Waals surface area contributed by atoms with Crippen LogP contribution in [0.2, 0.25) is 0 Å². The third-order valence-electron chi connectivity index (χ3n) is 4.76. The Morgan fingerprint density at radius 3 is 2.90 bits per heavy atom. The zero-order valence-corrected chi connectivity index (χ0v) is 12.9. The minimum atomic E-state index is 0.166. The van der Waals surface area contributed by atoms with Gasteiger partial charge in [-0.3, -0.25) is 9.88 Å². The molecule has 0 spiro atoms. The van der Waals surface area contributed by atoms with E-state index in [1.165, 1.54) is 25.8 Å². The van der Waals surface area contributed by atoms with Crippen LogP contribution < -0.4 is 5.73 Å². The Balaban J connectivity index is 1.95. The summed E-state index contributed by atoms with van der Waals surface area (Å²) in [5.41, 5.74) is 7.48. The highest BCUT2D eigenvalue weighted by Gasteiger charge is 2.34. The Hall–Kier alpha value is -0.970. The summed E-state index contributed by atoms with van der Waals surface area (Å²) >= 11 is 0. The lowest BCUT2D eigenvalue weighted by Gasteiger charge is -2.41. The Kier molecular flexibility index (Phi) is 5.52. The molecule has 0 amide bonds. The summed E-state index contributed by atoms with van der Waals surface area (Å²) in [4.78, 5) is 9.30. The lowest BCUT2D eigenvalue weighted by Crippen LogP contribution is -2.53. The average molecular weight is 276 g/mol. The van der Waals surface area contributed by atoms with Gasteiger partial charge in [-0.05, 0) is 58.6 Å². The maximum absolute atomic E-state index is 6.15. The summed E-state index contributed by atoms with van der Waals surface area (Å²) in [6, 6.07) is 6.13. The molecule has 0 aromatic carbocycles. The minimum Gasteiger partial charge on any atom is -0.329 e. The number of likely N-dealkylation sites (tertiary alicyclic amines) is 1. The quantitative estimate of drug-likeness (QED) is 0.882. The fraction of sp³-hybridized carbons (Fsp3) is 0.688. The van der Waals surface area contributed by atoms with Gasteiger partial charge in [0.25, 0.3) is 0 Å². The van der Waals surface area contributed by atoms with Gasteiger partial charge in [0, 0.05) is 36.9 Å². The van der Waals surface area contributed by atoms with Crippen molar-refractivity contribution in [3.05, 3.63) is 30.1 Å². The predicted molar refractivity (Wildman–Crippen MR) is 83.7 cm³/mol. The zero-order chi connectivity index (χ0) is 14.4. The molecule has 1 aliphatic heterocycles. The number of likely N-dealkylation sites (N-methyl/N-ethyl adjacent to an activating group) is 1. The third-order valence-corrected chi connectivity index (χ3v) is 4.76. The van der Waals surface area contributed by atoms with Gasteiger partial charge in [0.05, 0.1) is 0 Å². The molecule has 0 radical (unpaired) electrons. The smallest absolute Gasteiger partial charge is 0.0416 e. The molecule has 2 heterocycles. The van der Waals surface area contributed by atoms with Gasteiger partial charge < -0.3 is 10.6 Å². The Labute approximate surface area is 123 Å². The monoisotopic (exact) mass is 276 g/mol. The van der Waals surface area contributed by atoms with Crippen molar-refractivity contribution in [2.75, 3.05) is 40.3 Å². The molecular weight excluding hydrogens is 248 g/mol. The molecule has 0 saturated carbocycles. The van der Waals surface area contributed by atoms with Crippen LogP contribution in [0.15, 0.2) is 24.4 Å². The van der Waals surface area contributed by atoms with Crippen molar-refractivity contribution in [3.8, 4) is 0 Å². The molecule has 112 valence electrons. The van der Waals surface area contributed by atoms with Gasteiger partial charge in [-0.25, -0.2) is 0 Å². The molecule has 1 unspecified atom stereocenters. The highest BCUT2D eigenvalue weighted by molar-refractivity contribution is 5.04. The van der Waals surface area contributed by atoms with Gasteiger partial charge in [-0.15, -0.1) is 0 Å². The van der Waals surface area contributed by atoms with E-state index in [1.54, 1.807) is 0 Å². The first kappa shape index (κ1) is 15.4. The van der Waals surface area contributed by atoms with Gasteiger partial charge in [0.2, 0.25) is 0 Å². The summed E-state index contributed by atoms with van der Waals surface area (Å²) in [6.45, 7) is 4.11. The van der Waals surface area contributed by atoms with Crippen molar-refractivity contribution in [1.82, 2.24) is 14.8 Å². The van der Waals surface area contributed by atoms with Crippen LogP contribution in [0.3, 0.4) is 0 Å². The van der Waals surface area contributed by atoms with Crippen LogP contribution >= 0.6 is 0 Å². The van der Waals surface area contributed by atoms with Crippen LogP contribution in [0.5, 0.6) is 0 Å². The number of nitrogens with zero attached hydrogens (tertiary/aromatic N) is 3. The number of pyridine rings is 1. The summed E-state index contributed by atoms with van der Waals surface area (Å²) in [5.74, 6) is 0.